The highest BCUT2D eigenvalue weighted by atomic mass is 32.1. The molecule has 1 N–H and O–H groups in total. The summed E-state index contributed by atoms with van der Waals surface area (Å²) in [5, 5.41) is 3.85. The van der Waals surface area contributed by atoms with Crippen LogP contribution in [0.15, 0.2) is 43.0 Å². The molecule has 0 unspecified atom stereocenters. The van der Waals surface area contributed by atoms with Crippen LogP contribution in [0.5, 0.6) is 11.6 Å². The number of hydrogen-bond donors (Lipinski definition) is 1. The molecule has 30 heavy (non-hydrogen) atoms. The van der Waals surface area contributed by atoms with Crippen LogP contribution in [0, 0.1) is 0 Å². The largest absolute Gasteiger partial charge is 0.485 e. The first-order valence-corrected chi connectivity index (χ1v) is 10.5. The van der Waals surface area contributed by atoms with E-state index in [2.05, 4.69) is 25.3 Å². The topological polar surface area (TPSA) is 94.9 Å². The number of nitrogens with one attached hydrogen (secondary N) is 1. The predicted octanol–water partition coefficient (Wildman–Crippen LogP) is 5.11. The number of nitrogens with zero attached hydrogens (tertiary/aromatic N) is 5. The number of ether oxygens (including phenoxy) is 2. The summed E-state index contributed by atoms with van der Waals surface area (Å²) in [5.74, 6) is 1.68. The monoisotopic (exact) mass is 424 g/mol. The lowest BCUT2D eigenvalue weighted by molar-refractivity contribution is 0.227. The average molecular weight is 425 g/mol. The van der Waals surface area contributed by atoms with E-state index in [4.69, 9.17) is 14.5 Å². The van der Waals surface area contributed by atoms with Crippen molar-refractivity contribution in [1.29, 1.82) is 0 Å². The molecular formula is C21H24N6O2S. The van der Waals surface area contributed by atoms with E-state index in [1.807, 2.05) is 45.9 Å². The Hall–Kier alpha value is -3.33. The Bertz CT molecular complexity index is 1100. The third kappa shape index (κ3) is 4.98. The summed E-state index contributed by atoms with van der Waals surface area (Å²) in [7, 11) is 1.57. The summed E-state index contributed by atoms with van der Waals surface area (Å²) >= 11 is 1.45. The minimum atomic E-state index is 0.0117. The predicted molar refractivity (Wildman–Crippen MR) is 120 cm³/mol. The summed E-state index contributed by atoms with van der Waals surface area (Å²) in [6.07, 6.45) is 6.62. The molecule has 8 nitrogen and oxygen atoms in total. The molecule has 0 aromatic carbocycles. The lowest BCUT2D eigenvalue weighted by Crippen LogP contribution is -2.07. The molecule has 4 rings (SSSR count). The summed E-state index contributed by atoms with van der Waals surface area (Å²) in [5.41, 5.74) is 2.43. The van der Waals surface area contributed by atoms with Gasteiger partial charge in [-0.25, -0.2) is 19.9 Å². The molecule has 9 heteroatoms. The van der Waals surface area contributed by atoms with Crippen molar-refractivity contribution in [2.45, 2.75) is 33.8 Å². The number of methoxy groups -OCH3 is 1. The molecule has 156 valence electrons. The van der Waals surface area contributed by atoms with Crippen LogP contribution in [0.4, 0.5) is 10.9 Å². The molecule has 0 radical (unpaired) electrons. The van der Waals surface area contributed by atoms with Crippen molar-refractivity contribution in [3.63, 3.8) is 0 Å². The molecule has 0 aliphatic carbocycles. The van der Waals surface area contributed by atoms with E-state index in [0.717, 1.165) is 21.6 Å². The zero-order chi connectivity index (χ0) is 21.5. The number of anilines is 2. The van der Waals surface area contributed by atoms with Crippen molar-refractivity contribution in [3.8, 4) is 22.9 Å². The second-order valence-corrected chi connectivity index (χ2v) is 7.13. The molecule has 0 spiro atoms. The molecule has 4 aromatic rings. The van der Waals surface area contributed by atoms with Crippen molar-refractivity contribution in [1.82, 2.24) is 24.9 Å². The lowest BCUT2D eigenvalue weighted by Gasteiger charge is -2.13. The zero-order valence-corrected chi connectivity index (χ0v) is 18.4. The molecule has 0 bridgehead atoms. The van der Waals surface area contributed by atoms with E-state index in [9.17, 15) is 0 Å². The van der Waals surface area contributed by atoms with E-state index in [1.54, 1.807) is 31.9 Å². The number of thiazole rings is 1. The van der Waals surface area contributed by atoms with Gasteiger partial charge in [0.2, 0.25) is 0 Å². The van der Waals surface area contributed by atoms with Crippen LogP contribution in [-0.4, -0.2) is 38.1 Å². The Morgan fingerprint density at radius 2 is 1.87 bits per heavy atom. The zero-order valence-electron chi connectivity index (χ0n) is 17.6. The number of aromatic nitrogens is 5. The highest BCUT2D eigenvalue weighted by Crippen LogP contribution is 2.32. The van der Waals surface area contributed by atoms with E-state index < -0.39 is 0 Å². The minimum absolute atomic E-state index is 0.0117. The summed E-state index contributed by atoms with van der Waals surface area (Å²) in [6.45, 7) is 7.92. The van der Waals surface area contributed by atoms with Crippen molar-refractivity contribution >= 4 is 32.6 Å². The number of fused-ring (bicyclic) bond motifs is 1. The number of hydrogen-bond acceptors (Lipinski definition) is 9. The Morgan fingerprint density at radius 1 is 1.03 bits per heavy atom. The lowest BCUT2D eigenvalue weighted by atomic mass is 10.2. The van der Waals surface area contributed by atoms with E-state index in [1.165, 1.54) is 11.3 Å². The molecule has 0 amide bonds. The second kappa shape index (κ2) is 9.93. The maximum atomic E-state index is 5.81. The Morgan fingerprint density at radius 3 is 2.57 bits per heavy atom. The van der Waals surface area contributed by atoms with Crippen LogP contribution >= 0.6 is 11.3 Å². The molecule has 0 aliphatic rings. The molecule has 0 atom stereocenters. The van der Waals surface area contributed by atoms with E-state index in [-0.39, 0.29) is 6.10 Å². The van der Waals surface area contributed by atoms with Crippen molar-refractivity contribution < 1.29 is 9.47 Å². The standard InChI is InChI=1S/C19H18N6O2S.C2H6/c1-11(2)27-15-8-12(9-22-17(15)26-3)13-4-5-14-18(23-13)28-19(24-14)25-16-10-20-6-7-21-16;1-2/h4-11H,1-3H3,(H,21,24,25);1-2H3. The molecule has 4 heterocycles. The quantitative estimate of drug-likeness (QED) is 0.456. The molecular weight excluding hydrogens is 400 g/mol. The van der Waals surface area contributed by atoms with Gasteiger partial charge < -0.3 is 14.8 Å². The maximum absolute atomic E-state index is 5.81. The van der Waals surface area contributed by atoms with E-state index in [0.29, 0.717) is 22.6 Å². The van der Waals surface area contributed by atoms with Crippen LogP contribution in [0.1, 0.15) is 27.7 Å². The highest BCUT2D eigenvalue weighted by Gasteiger charge is 2.13. The molecule has 0 aliphatic heterocycles. The van der Waals surface area contributed by atoms with Gasteiger partial charge in [-0.05, 0) is 32.0 Å². The first kappa shape index (κ1) is 21.4. The normalized spacial score (nSPS) is 10.5. The number of rotatable bonds is 6. The summed E-state index contributed by atoms with van der Waals surface area (Å²) in [6, 6.07) is 5.74. The fraction of sp³-hybridized carbons (Fsp3) is 0.286. The molecule has 0 saturated heterocycles. The third-order valence-corrected chi connectivity index (χ3v) is 4.60. The first-order chi connectivity index (χ1) is 14.6. The third-order valence-electron chi connectivity index (χ3n) is 3.72. The van der Waals surface area contributed by atoms with Crippen LogP contribution in [0.3, 0.4) is 0 Å². The summed E-state index contributed by atoms with van der Waals surface area (Å²) in [4.78, 5) is 22.7. The first-order valence-electron chi connectivity index (χ1n) is 9.64. The van der Waals surface area contributed by atoms with Gasteiger partial charge in [0.1, 0.15) is 10.3 Å². The van der Waals surface area contributed by atoms with Gasteiger partial charge in [0, 0.05) is 24.2 Å². The average Bonchev–Trinajstić information content (AvgIpc) is 3.17. The Kier molecular flexibility index (Phi) is 7.08. The Balaban J connectivity index is 0.00000124. The van der Waals surface area contributed by atoms with Crippen LogP contribution in [0.25, 0.3) is 21.6 Å². The van der Waals surface area contributed by atoms with Gasteiger partial charge in [-0.2, -0.15) is 0 Å². The van der Waals surface area contributed by atoms with Gasteiger partial charge in [0.05, 0.1) is 25.1 Å². The minimum Gasteiger partial charge on any atom is -0.485 e. The fourth-order valence-electron chi connectivity index (χ4n) is 2.57. The van der Waals surface area contributed by atoms with Gasteiger partial charge in [-0.3, -0.25) is 4.98 Å². The Labute approximate surface area is 179 Å². The molecule has 4 aromatic heterocycles. The van der Waals surface area contributed by atoms with Crippen LogP contribution in [-0.2, 0) is 0 Å². The van der Waals surface area contributed by atoms with Gasteiger partial charge in [0.25, 0.3) is 5.88 Å². The molecule has 0 fully saturated rings. The van der Waals surface area contributed by atoms with Crippen molar-refractivity contribution in [3.05, 3.63) is 43.0 Å². The smallest absolute Gasteiger partial charge is 0.256 e. The van der Waals surface area contributed by atoms with Gasteiger partial charge in [0.15, 0.2) is 16.7 Å². The van der Waals surface area contributed by atoms with Crippen molar-refractivity contribution in [2.75, 3.05) is 12.4 Å². The van der Waals surface area contributed by atoms with E-state index >= 15 is 0 Å². The van der Waals surface area contributed by atoms with Crippen LogP contribution in [0.2, 0.25) is 0 Å². The highest BCUT2D eigenvalue weighted by molar-refractivity contribution is 7.21. The maximum Gasteiger partial charge on any atom is 0.256 e. The SMILES string of the molecule is CC.COc1ncc(-c2ccc3nc(Nc4cnccn4)sc3n2)cc1OC(C)C. The van der Waals surface area contributed by atoms with Crippen molar-refractivity contribution in [2.24, 2.45) is 0 Å². The summed E-state index contributed by atoms with van der Waals surface area (Å²) < 4.78 is 11.1. The van der Waals surface area contributed by atoms with Gasteiger partial charge in [-0.15, -0.1) is 0 Å². The molecule has 0 saturated carbocycles. The second-order valence-electron chi connectivity index (χ2n) is 6.15. The number of pyridine rings is 2. The van der Waals surface area contributed by atoms with Gasteiger partial charge in [-0.1, -0.05) is 25.2 Å². The van der Waals surface area contributed by atoms with Crippen LogP contribution < -0.4 is 14.8 Å². The van der Waals surface area contributed by atoms with Gasteiger partial charge >= 0.3 is 0 Å². The fourth-order valence-corrected chi connectivity index (χ4v) is 3.41.